The van der Waals surface area contributed by atoms with E-state index in [4.69, 9.17) is 16.9 Å². The van der Waals surface area contributed by atoms with Crippen molar-refractivity contribution in [3.8, 4) is 6.07 Å². The van der Waals surface area contributed by atoms with Crippen molar-refractivity contribution in [1.82, 2.24) is 9.29 Å². The second kappa shape index (κ2) is 8.31. The first kappa shape index (κ1) is 19.1. The molecule has 0 N–H and O–H groups in total. The molecule has 0 bridgehead atoms. The SMILES string of the molecule is N#Cc1ccc(CN(Cc2ccccn2)S(=O)(=O)c2cccc(Cl)c2)cc1. The maximum Gasteiger partial charge on any atom is 0.243 e. The van der Waals surface area contributed by atoms with Gasteiger partial charge in [-0.25, -0.2) is 8.42 Å². The average Bonchev–Trinajstić information content (AvgIpc) is 2.69. The van der Waals surface area contributed by atoms with Gasteiger partial charge in [-0.3, -0.25) is 4.98 Å². The second-order valence-electron chi connectivity index (χ2n) is 5.86. The summed E-state index contributed by atoms with van der Waals surface area (Å²) in [6.07, 6.45) is 1.63. The summed E-state index contributed by atoms with van der Waals surface area (Å²) in [7, 11) is -3.79. The van der Waals surface area contributed by atoms with E-state index < -0.39 is 10.0 Å². The Kier molecular flexibility index (Phi) is 5.87. The monoisotopic (exact) mass is 397 g/mol. The first-order valence-electron chi connectivity index (χ1n) is 8.14. The summed E-state index contributed by atoms with van der Waals surface area (Å²) in [5, 5.41) is 9.29. The Balaban J connectivity index is 1.97. The van der Waals surface area contributed by atoms with Gasteiger partial charge in [-0.1, -0.05) is 35.9 Å². The smallest absolute Gasteiger partial charge is 0.243 e. The fraction of sp³-hybridized carbons (Fsp3) is 0.100. The van der Waals surface area contributed by atoms with Gasteiger partial charge < -0.3 is 0 Å². The molecule has 0 radical (unpaired) electrons. The Bertz CT molecular complexity index is 1060. The number of sulfonamides is 1. The van der Waals surface area contributed by atoms with Crippen LogP contribution in [0.3, 0.4) is 0 Å². The molecule has 1 aromatic heterocycles. The van der Waals surface area contributed by atoms with Gasteiger partial charge in [-0.2, -0.15) is 9.57 Å². The second-order valence-corrected chi connectivity index (χ2v) is 8.23. The lowest BCUT2D eigenvalue weighted by molar-refractivity contribution is 0.397. The molecule has 0 aliphatic heterocycles. The molecule has 3 rings (SSSR count). The molecule has 1 heterocycles. The van der Waals surface area contributed by atoms with Crippen LogP contribution in [0.2, 0.25) is 5.02 Å². The molecule has 136 valence electrons. The standard InChI is InChI=1S/C20H16ClN3O2S/c21-18-4-3-6-20(12-18)27(25,26)24(15-19-5-1-2-11-23-19)14-17-9-7-16(13-22)8-10-17/h1-12H,14-15H2. The highest BCUT2D eigenvalue weighted by atomic mass is 35.5. The van der Waals surface area contributed by atoms with E-state index in [1.54, 1.807) is 54.7 Å². The molecule has 0 aliphatic carbocycles. The molecule has 0 atom stereocenters. The summed E-state index contributed by atoms with van der Waals surface area (Å²) in [6.45, 7) is 0.271. The average molecular weight is 398 g/mol. The van der Waals surface area contributed by atoms with Gasteiger partial charge in [0.25, 0.3) is 0 Å². The van der Waals surface area contributed by atoms with Crippen LogP contribution in [0, 0.1) is 11.3 Å². The quantitative estimate of drug-likeness (QED) is 0.630. The van der Waals surface area contributed by atoms with Crippen LogP contribution in [0.1, 0.15) is 16.8 Å². The van der Waals surface area contributed by atoms with Crippen molar-refractivity contribution in [3.63, 3.8) is 0 Å². The third-order valence-electron chi connectivity index (χ3n) is 3.94. The minimum Gasteiger partial charge on any atom is -0.260 e. The van der Waals surface area contributed by atoms with E-state index in [0.717, 1.165) is 5.56 Å². The molecule has 0 aliphatic rings. The highest BCUT2D eigenvalue weighted by Gasteiger charge is 2.25. The lowest BCUT2D eigenvalue weighted by Crippen LogP contribution is -2.30. The van der Waals surface area contributed by atoms with E-state index in [2.05, 4.69) is 11.1 Å². The Morgan fingerprint density at radius 1 is 1.00 bits per heavy atom. The lowest BCUT2D eigenvalue weighted by Gasteiger charge is -2.22. The Hall–Kier alpha value is -2.72. The van der Waals surface area contributed by atoms with Crippen LogP contribution in [-0.2, 0) is 23.1 Å². The van der Waals surface area contributed by atoms with Gasteiger partial charge in [-0.15, -0.1) is 0 Å². The van der Waals surface area contributed by atoms with Crippen LogP contribution in [-0.4, -0.2) is 17.7 Å². The van der Waals surface area contributed by atoms with E-state index >= 15 is 0 Å². The van der Waals surface area contributed by atoms with Crippen molar-refractivity contribution in [2.24, 2.45) is 0 Å². The predicted octanol–water partition coefficient (Wildman–Crippen LogP) is 4.00. The van der Waals surface area contributed by atoms with Gasteiger partial charge in [0.05, 0.1) is 28.8 Å². The Labute approximate surface area is 163 Å². The third kappa shape index (κ3) is 4.72. The van der Waals surface area contributed by atoms with Crippen LogP contribution >= 0.6 is 11.6 Å². The van der Waals surface area contributed by atoms with Gasteiger partial charge in [0.2, 0.25) is 10.0 Å². The van der Waals surface area contributed by atoms with Crippen molar-refractivity contribution in [1.29, 1.82) is 5.26 Å². The van der Waals surface area contributed by atoms with Crippen LogP contribution in [0.5, 0.6) is 0 Å². The molecule has 2 aromatic carbocycles. The topological polar surface area (TPSA) is 74.1 Å². The number of rotatable bonds is 6. The van der Waals surface area contributed by atoms with Gasteiger partial charge in [-0.05, 0) is 48.0 Å². The van der Waals surface area contributed by atoms with Gasteiger partial charge in [0.1, 0.15) is 0 Å². The van der Waals surface area contributed by atoms with Crippen LogP contribution < -0.4 is 0 Å². The van der Waals surface area contributed by atoms with Gasteiger partial charge in [0, 0.05) is 17.8 Å². The van der Waals surface area contributed by atoms with Gasteiger partial charge >= 0.3 is 0 Å². The molecule has 0 saturated carbocycles. The molecule has 5 nitrogen and oxygen atoms in total. The van der Waals surface area contributed by atoms with Crippen LogP contribution in [0.4, 0.5) is 0 Å². The Morgan fingerprint density at radius 2 is 1.78 bits per heavy atom. The molecule has 27 heavy (non-hydrogen) atoms. The predicted molar refractivity (Wildman–Crippen MR) is 103 cm³/mol. The summed E-state index contributed by atoms with van der Waals surface area (Å²) >= 11 is 5.98. The maximum atomic E-state index is 13.2. The fourth-order valence-electron chi connectivity index (χ4n) is 2.56. The zero-order valence-corrected chi connectivity index (χ0v) is 15.9. The van der Waals surface area contributed by atoms with Crippen LogP contribution in [0.15, 0.2) is 77.8 Å². The van der Waals surface area contributed by atoms with Crippen molar-refractivity contribution in [3.05, 3.63) is 94.8 Å². The molecule has 7 heteroatoms. The normalized spacial score (nSPS) is 11.3. The van der Waals surface area contributed by atoms with Crippen LogP contribution in [0.25, 0.3) is 0 Å². The summed E-state index contributed by atoms with van der Waals surface area (Å²) in [5.74, 6) is 0. The fourth-order valence-corrected chi connectivity index (χ4v) is 4.26. The highest BCUT2D eigenvalue weighted by Crippen LogP contribution is 2.23. The zero-order valence-electron chi connectivity index (χ0n) is 14.3. The molecular formula is C20H16ClN3O2S. The summed E-state index contributed by atoms with van der Waals surface area (Å²) in [5.41, 5.74) is 1.93. The molecule has 0 saturated heterocycles. The number of pyridine rings is 1. The summed E-state index contributed by atoms with van der Waals surface area (Å²) in [4.78, 5) is 4.36. The van der Waals surface area contributed by atoms with Crippen molar-refractivity contribution in [2.45, 2.75) is 18.0 Å². The highest BCUT2D eigenvalue weighted by molar-refractivity contribution is 7.89. The maximum absolute atomic E-state index is 13.2. The molecular weight excluding hydrogens is 382 g/mol. The molecule has 0 spiro atoms. The third-order valence-corrected chi connectivity index (χ3v) is 5.96. The summed E-state index contributed by atoms with van der Waals surface area (Å²) < 4.78 is 27.8. The van der Waals surface area contributed by atoms with E-state index in [1.807, 2.05) is 6.07 Å². The Morgan fingerprint density at radius 3 is 2.41 bits per heavy atom. The van der Waals surface area contributed by atoms with E-state index in [1.165, 1.54) is 16.4 Å². The molecule has 0 fully saturated rings. The first-order chi connectivity index (χ1) is 13.0. The van der Waals surface area contributed by atoms with E-state index in [0.29, 0.717) is 16.3 Å². The number of nitriles is 1. The number of halogens is 1. The number of aromatic nitrogens is 1. The zero-order chi connectivity index (χ0) is 19.3. The van der Waals surface area contributed by atoms with Crippen molar-refractivity contribution in [2.75, 3.05) is 0 Å². The lowest BCUT2D eigenvalue weighted by atomic mass is 10.1. The van der Waals surface area contributed by atoms with E-state index in [-0.39, 0.29) is 18.0 Å². The van der Waals surface area contributed by atoms with E-state index in [9.17, 15) is 8.42 Å². The number of hydrogen-bond donors (Lipinski definition) is 0. The first-order valence-corrected chi connectivity index (χ1v) is 9.95. The molecule has 0 unspecified atom stereocenters. The number of hydrogen-bond acceptors (Lipinski definition) is 4. The molecule has 0 amide bonds. The van der Waals surface area contributed by atoms with Gasteiger partial charge in [0.15, 0.2) is 0 Å². The van der Waals surface area contributed by atoms with Crippen molar-refractivity contribution >= 4 is 21.6 Å². The number of benzene rings is 2. The number of nitrogens with zero attached hydrogens (tertiary/aromatic N) is 3. The largest absolute Gasteiger partial charge is 0.260 e. The molecule has 3 aromatic rings. The minimum atomic E-state index is -3.79. The van der Waals surface area contributed by atoms with Crippen molar-refractivity contribution < 1.29 is 8.42 Å². The minimum absolute atomic E-state index is 0.121. The summed E-state index contributed by atoms with van der Waals surface area (Å²) in [6, 6.07) is 20.4.